The summed E-state index contributed by atoms with van der Waals surface area (Å²) in [6, 6.07) is -1.76. The summed E-state index contributed by atoms with van der Waals surface area (Å²) < 4.78 is 31.4. The Balaban J connectivity index is 1.79. The molecule has 5 unspecified atom stereocenters. The van der Waals surface area contributed by atoms with Crippen LogP contribution in [-0.4, -0.2) is 87.0 Å². The van der Waals surface area contributed by atoms with Gasteiger partial charge in [-0.05, 0) is 20.8 Å². The SMILES string of the molecule is CC(C)OC(=O)[C@@H](C)NP(=O)(OCC1OC(n2ccc(=O)[nH]c2=O)C(C)(CO)C1O)SC[C@H]1NC(=O)NC1=O. The van der Waals surface area contributed by atoms with Gasteiger partial charge in [-0.15, -0.1) is 0 Å². The van der Waals surface area contributed by atoms with Gasteiger partial charge in [0.05, 0.1) is 30.8 Å². The molecule has 0 saturated carbocycles. The van der Waals surface area contributed by atoms with Gasteiger partial charge in [0.15, 0.2) is 0 Å². The second-order valence-electron chi connectivity index (χ2n) is 9.59. The predicted octanol–water partition coefficient (Wildman–Crippen LogP) is -1.21. The van der Waals surface area contributed by atoms with E-state index in [0.717, 1.165) is 16.8 Å². The molecule has 39 heavy (non-hydrogen) atoms. The molecule has 6 N–H and O–H groups in total. The van der Waals surface area contributed by atoms with E-state index in [1.165, 1.54) is 13.8 Å². The standard InChI is InChI=1S/C21H32N5O11PS/c1-10(2)36-17(31)11(3)25-38(34,39-8-12-16(30)24-19(32)22-12)35-7-13-15(29)21(4,9-27)18(37-13)26-6-5-14(28)23-20(26)33/h5-6,10-13,15,18,27,29H,7-9H2,1-4H3,(H,25,34)(H,23,28,33)(H2,22,24,30,32)/t11-,12-,13?,15?,18?,21?,38?/m1/s1. The molecule has 2 aliphatic rings. The van der Waals surface area contributed by atoms with Crippen LogP contribution in [0.25, 0.3) is 0 Å². The van der Waals surface area contributed by atoms with E-state index in [2.05, 4.69) is 20.7 Å². The van der Waals surface area contributed by atoms with Crippen molar-refractivity contribution < 1.29 is 43.2 Å². The Kier molecular flexibility index (Phi) is 9.80. The molecule has 0 aliphatic carbocycles. The maximum absolute atomic E-state index is 13.8. The number of urea groups is 1. The average Bonchev–Trinajstić information content (AvgIpc) is 3.31. The molecule has 0 radical (unpaired) electrons. The van der Waals surface area contributed by atoms with Crippen LogP contribution in [-0.2, 0) is 28.2 Å². The molecule has 218 valence electrons. The van der Waals surface area contributed by atoms with Crippen molar-refractivity contribution in [3.63, 3.8) is 0 Å². The second-order valence-corrected chi connectivity index (χ2v) is 13.9. The number of ether oxygens (including phenoxy) is 2. The van der Waals surface area contributed by atoms with Gasteiger partial charge in [-0.1, -0.05) is 18.3 Å². The van der Waals surface area contributed by atoms with Gasteiger partial charge in [0.25, 0.3) is 11.5 Å². The van der Waals surface area contributed by atoms with Crippen molar-refractivity contribution in [2.45, 2.75) is 64.3 Å². The zero-order valence-electron chi connectivity index (χ0n) is 21.6. The Morgan fingerprint density at radius 3 is 2.56 bits per heavy atom. The number of hydrogen-bond donors (Lipinski definition) is 6. The number of carbonyl (C=O) groups is 3. The van der Waals surface area contributed by atoms with E-state index in [1.54, 1.807) is 13.8 Å². The number of imide groups is 1. The molecule has 2 saturated heterocycles. The number of carbonyl (C=O) groups excluding carboxylic acids is 3. The number of aliphatic hydroxyl groups excluding tert-OH is 2. The summed E-state index contributed by atoms with van der Waals surface area (Å²) in [5.74, 6) is -1.54. The first-order chi connectivity index (χ1) is 18.2. The number of H-pyrrole nitrogens is 1. The number of hydrogen-bond acceptors (Lipinski definition) is 12. The molecule has 18 heteroatoms. The van der Waals surface area contributed by atoms with E-state index in [0.29, 0.717) is 11.4 Å². The summed E-state index contributed by atoms with van der Waals surface area (Å²) in [6.45, 7) is 0.928. The van der Waals surface area contributed by atoms with Gasteiger partial charge in [0, 0.05) is 18.0 Å². The topological polar surface area (TPSA) is 227 Å². The highest BCUT2D eigenvalue weighted by Crippen LogP contribution is 2.57. The molecule has 3 amide bonds. The first-order valence-electron chi connectivity index (χ1n) is 11.9. The normalized spacial score (nSPS) is 29.1. The van der Waals surface area contributed by atoms with Crippen molar-refractivity contribution >= 4 is 36.0 Å². The quantitative estimate of drug-likeness (QED) is 0.0951. The lowest BCUT2D eigenvalue weighted by Crippen LogP contribution is -2.44. The zero-order valence-corrected chi connectivity index (χ0v) is 23.3. The van der Waals surface area contributed by atoms with Gasteiger partial charge in [0.2, 0.25) is 0 Å². The number of aromatic nitrogens is 2. The predicted molar refractivity (Wildman–Crippen MR) is 137 cm³/mol. The Labute approximate surface area is 226 Å². The molecule has 16 nitrogen and oxygen atoms in total. The van der Waals surface area contributed by atoms with Crippen molar-refractivity contribution in [1.29, 1.82) is 0 Å². The van der Waals surface area contributed by atoms with E-state index in [9.17, 15) is 38.8 Å². The molecular weight excluding hydrogens is 561 g/mol. The average molecular weight is 594 g/mol. The second kappa shape index (κ2) is 12.3. The summed E-state index contributed by atoms with van der Waals surface area (Å²) in [6.07, 6.45) is -3.16. The fraction of sp³-hybridized carbons (Fsp3) is 0.667. The number of nitrogens with zero attached hydrogens (tertiary/aromatic N) is 1. The maximum Gasteiger partial charge on any atom is 0.330 e. The molecule has 2 aliphatic heterocycles. The summed E-state index contributed by atoms with van der Waals surface area (Å²) >= 11 is 0.640. The van der Waals surface area contributed by atoms with E-state index >= 15 is 0 Å². The van der Waals surface area contributed by atoms with Crippen LogP contribution in [0.3, 0.4) is 0 Å². The van der Waals surface area contributed by atoms with Crippen molar-refractivity contribution in [3.05, 3.63) is 33.1 Å². The third-order valence-electron chi connectivity index (χ3n) is 6.08. The number of esters is 1. The molecule has 1 aromatic heterocycles. The summed E-state index contributed by atoms with van der Waals surface area (Å²) in [5, 5.41) is 28.0. The Hall–Kier alpha value is -2.53. The fourth-order valence-corrected chi connectivity index (χ4v) is 7.79. The molecule has 0 spiro atoms. The summed E-state index contributed by atoms with van der Waals surface area (Å²) in [7, 11) is 0. The summed E-state index contributed by atoms with van der Waals surface area (Å²) in [4.78, 5) is 61.6. The fourth-order valence-electron chi connectivity index (χ4n) is 3.92. The highest BCUT2D eigenvalue weighted by molar-refractivity contribution is 8.56. The molecule has 0 aromatic carbocycles. The third kappa shape index (κ3) is 7.16. The largest absolute Gasteiger partial charge is 0.462 e. The van der Waals surface area contributed by atoms with Crippen molar-refractivity contribution in [2.24, 2.45) is 5.41 Å². The number of amides is 3. The smallest absolute Gasteiger partial charge is 0.330 e. The lowest BCUT2D eigenvalue weighted by Gasteiger charge is -2.31. The number of nitrogens with one attached hydrogen (secondary N) is 4. The first kappa shape index (κ1) is 31.0. The lowest BCUT2D eigenvalue weighted by molar-refractivity contribution is -0.149. The molecule has 1 aromatic rings. The van der Waals surface area contributed by atoms with Crippen LogP contribution in [0.2, 0.25) is 0 Å². The van der Waals surface area contributed by atoms with Crippen LogP contribution in [0.4, 0.5) is 4.79 Å². The highest BCUT2D eigenvalue weighted by Gasteiger charge is 2.54. The van der Waals surface area contributed by atoms with E-state index in [-0.39, 0.29) is 5.75 Å². The van der Waals surface area contributed by atoms with Gasteiger partial charge in [-0.25, -0.2) is 14.7 Å². The van der Waals surface area contributed by atoms with E-state index in [4.69, 9.17) is 14.0 Å². The molecule has 0 bridgehead atoms. The van der Waals surface area contributed by atoms with Crippen molar-refractivity contribution in [2.75, 3.05) is 19.0 Å². The van der Waals surface area contributed by atoms with Crippen molar-refractivity contribution in [3.8, 4) is 0 Å². The Bertz CT molecular complexity index is 1260. The Morgan fingerprint density at radius 2 is 2.00 bits per heavy atom. The van der Waals surface area contributed by atoms with Gasteiger partial charge >= 0.3 is 24.4 Å². The minimum absolute atomic E-state index is 0.189. The van der Waals surface area contributed by atoms with Gasteiger partial charge in [-0.2, -0.15) is 0 Å². The van der Waals surface area contributed by atoms with Crippen molar-refractivity contribution in [1.82, 2.24) is 25.3 Å². The van der Waals surface area contributed by atoms with Gasteiger partial charge < -0.3 is 29.5 Å². The number of rotatable bonds is 12. The van der Waals surface area contributed by atoms with E-state index < -0.39 is 91.1 Å². The first-order valence-corrected chi connectivity index (χ1v) is 15.1. The number of aromatic amines is 1. The van der Waals surface area contributed by atoms with Crippen LogP contribution in [0.5, 0.6) is 0 Å². The van der Waals surface area contributed by atoms with Crippen LogP contribution in [0.1, 0.15) is 33.9 Å². The van der Waals surface area contributed by atoms with Crippen LogP contribution >= 0.6 is 18.1 Å². The van der Waals surface area contributed by atoms with Crippen LogP contribution < -0.4 is 27.0 Å². The van der Waals surface area contributed by atoms with Crippen LogP contribution in [0, 0.1) is 5.41 Å². The number of aliphatic hydroxyl groups is 2. The molecule has 2 fully saturated rings. The van der Waals surface area contributed by atoms with Gasteiger partial charge in [-0.3, -0.25) is 33.8 Å². The zero-order chi connectivity index (χ0) is 29.1. The van der Waals surface area contributed by atoms with E-state index in [1.807, 2.05) is 0 Å². The van der Waals surface area contributed by atoms with Gasteiger partial charge in [0.1, 0.15) is 24.4 Å². The third-order valence-corrected chi connectivity index (χ3v) is 10.2. The maximum atomic E-state index is 13.8. The molecular formula is C21H32N5O11PS. The summed E-state index contributed by atoms with van der Waals surface area (Å²) in [5.41, 5.74) is -2.92. The minimum atomic E-state index is -4.04. The minimum Gasteiger partial charge on any atom is -0.462 e. The lowest BCUT2D eigenvalue weighted by atomic mass is 9.83. The molecule has 7 atom stereocenters. The monoisotopic (exact) mass is 593 g/mol. The Morgan fingerprint density at radius 1 is 1.31 bits per heavy atom. The molecule has 3 heterocycles. The molecule has 3 rings (SSSR count). The van der Waals surface area contributed by atoms with Crippen LogP contribution in [0.15, 0.2) is 21.9 Å². The highest BCUT2D eigenvalue weighted by atomic mass is 32.7.